The highest BCUT2D eigenvalue weighted by molar-refractivity contribution is 6.02. The molecule has 1 N–H and O–H groups in total. The summed E-state index contributed by atoms with van der Waals surface area (Å²) < 4.78 is 4.86. The molecule has 0 saturated heterocycles. The van der Waals surface area contributed by atoms with Gasteiger partial charge in [-0.2, -0.15) is 0 Å². The zero-order valence-corrected chi connectivity index (χ0v) is 9.42. The fourth-order valence-corrected chi connectivity index (χ4v) is 2.24. The van der Waals surface area contributed by atoms with Gasteiger partial charge in [-0.05, 0) is 5.56 Å². The Labute approximate surface area is 103 Å². The van der Waals surface area contributed by atoms with Gasteiger partial charge in [0.05, 0.1) is 0 Å². The standard InChI is InChI=1S/C14H10O4/c15-12-7-11-9(6-13(16)18-11)8-14(12,17)10-4-2-1-3-5-10/h1-7,17H,8H2/t14-/m0/s1. The minimum absolute atomic E-state index is 0.0629. The topological polar surface area (TPSA) is 63.6 Å². The highest BCUT2D eigenvalue weighted by atomic mass is 16.5. The van der Waals surface area contributed by atoms with Crippen LogP contribution in [0.3, 0.4) is 0 Å². The van der Waals surface area contributed by atoms with E-state index in [2.05, 4.69) is 0 Å². The number of aliphatic hydroxyl groups is 1. The molecule has 0 saturated carbocycles. The summed E-state index contributed by atoms with van der Waals surface area (Å²) in [4.78, 5) is 23.2. The smallest absolute Gasteiger partial charge is 0.336 e. The van der Waals surface area contributed by atoms with E-state index >= 15 is 0 Å². The number of fused-ring (bicyclic) bond motifs is 1. The molecule has 0 aromatic heterocycles. The van der Waals surface area contributed by atoms with Crippen molar-refractivity contribution < 1.29 is 19.4 Å². The Morgan fingerprint density at radius 2 is 1.83 bits per heavy atom. The first-order valence-corrected chi connectivity index (χ1v) is 5.56. The first-order valence-electron chi connectivity index (χ1n) is 5.56. The fourth-order valence-electron chi connectivity index (χ4n) is 2.24. The molecule has 1 aromatic rings. The molecule has 0 spiro atoms. The molecule has 1 aliphatic heterocycles. The van der Waals surface area contributed by atoms with Gasteiger partial charge in [-0.3, -0.25) is 4.79 Å². The zero-order valence-electron chi connectivity index (χ0n) is 9.42. The van der Waals surface area contributed by atoms with Crippen LogP contribution in [0.15, 0.2) is 53.8 Å². The molecule has 90 valence electrons. The van der Waals surface area contributed by atoms with Crippen molar-refractivity contribution in [2.45, 2.75) is 12.0 Å². The largest absolute Gasteiger partial charge is 0.423 e. The van der Waals surface area contributed by atoms with Crippen molar-refractivity contribution in [1.29, 1.82) is 0 Å². The third-order valence-electron chi connectivity index (χ3n) is 3.19. The van der Waals surface area contributed by atoms with Crippen LogP contribution in [0, 0.1) is 0 Å². The summed E-state index contributed by atoms with van der Waals surface area (Å²) >= 11 is 0. The van der Waals surface area contributed by atoms with Crippen molar-refractivity contribution in [3.8, 4) is 0 Å². The normalized spacial score (nSPS) is 26.3. The summed E-state index contributed by atoms with van der Waals surface area (Å²) in [6, 6.07) is 8.70. The zero-order chi connectivity index (χ0) is 12.8. The second-order valence-electron chi connectivity index (χ2n) is 4.37. The minimum Gasteiger partial charge on any atom is -0.423 e. The lowest BCUT2D eigenvalue weighted by Gasteiger charge is -2.29. The van der Waals surface area contributed by atoms with Crippen LogP contribution in [0.25, 0.3) is 0 Å². The van der Waals surface area contributed by atoms with Crippen molar-refractivity contribution in [1.82, 2.24) is 0 Å². The molecule has 0 fully saturated rings. The Balaban J connectivity index is 2.08. The van der Waals surface area contributed by atoms with Crippen LogP contribution in [-0.4, -0.2) is 16.9 Å². The van der Waals surface area contributed by atoms with Crippen molar-refractivity contribution in [3.05, 3.63) is 59.4 Å². The third-order valence-corrected chi connectivity index (χ3v) is 3.19. The summed E-state index contributed by atoms with van der Waals surface area (Å²) in [5.74, 6) is -0.706. The molecule has 1 atom stereocenters. The van der Waals surface area contributed by atoms with Gasteiger partial charge in [0.1, 0.15) is 5.76 Å². The van der Waals surface area contributed by atoms with E-state index in [0.29, 0.717) is 11.1 Å². The number of carbonyl (C=O) groups excluding carboxylic acids is 2. The number of ketones is 1. The lowest BCUT2D eigenvalue weighted by molar-refractivity contribution is -0.135. The predicted octanol–water partition coefficient (Wildman–Crippen LogP) is 1.21. The molecule has 4 heteroatoms. The maximum absolute atomic E-state index is 12.0. The number of rotatable bonds is 1. The van der Waals surface area contributed by atoms with Crippen molar-refractivity contribution in [2.75, 3.05) is 0 Å². The molecule has 4 nitrogen and oxygen atoms in total. The van der Waals surface area contributed by atoms with Crippen LogP contribution in [0.4, 0.5) is 0 Å². The number of hydrogen-bond acceptors (Lipinski definition) is 4. The molecular formula is C14H10O4. The molecule has 0 radical (unpaired) electrons. The third kappa shape index (κ3) is 1.50. The quantitative estimate of drug-likeness (QED) is 0.752. The van der Waals surface area contributed by atoms with Gasteiger partial charge in [0.25, 0.3) is 0 Å². The fraction of sp³-hybridized carbons (Fsp3) is 0.143. The number of benzene rings is 1. The van der Waals surface area contributed by atoms with E-state index in [4.69, 9.17) is 4.74 Å². The molecule has 0 amide bonds. The molecule has 0 bridgehead atoms. The number of ether oxygens (including phenoxy) is 1. The van der Waals surface area contributed by atoms with Crippen LogP contribution in [-0.2, 0) is 19.9 Å². The highest BCUT2D eigenvalue weighted by Crippen LogP contribution is 2.39. The van der Waals surface area contributed by atoms with Crippen LogP contribution < -0.4 is 0 Å². The molecule has 2 aliphatic rings. The predicted molar refractivity (Wildman–Crippen MR) is 62.2 cm³/mol. The average molecular weight is 242 g/mol. The monoisotopic (exact) mass is 242 g/mol. The summed E-state index contributed by atoms with van der Waals surface area (Å²) in [5.41, 5.74) is -0.526. The first-order chi connectivity index (χ1) is 8.59. The SMILES string of the molecule is O=C1C=C2C[C@](O)(c3ccccc3)C(=O)C=C2O1. The van der Waals surface area contributed by atoms with E-state index < -0.39 is 17.4 Å². The van der Waals surface area contributed by atoms with Crippen LogP contribution in [0.5, 0.6) is 0 Å². The Morgan fingerprint density at radius 3 is 2.56 bits per heavy atom. The number of carbonyl (C=O) groups is 2. The van der Waals surface area contributed by atoms with Crippen LogP contribution in [0.2, 0.25) is 0 Å². The molecular weight excluding hydrogens is 232 g/mol. The van der Waals surface area contributed by atoms with Crippen LogP contribution >= 0.6 is 0 Å². The minimum atomic E-state index is -1.61. The number of allylic oxidation sites excluding steroid dienone is 1. The number of hydrogen-bond donors (Lipinski definition) is 1. The van der Waals surface area contributed by atoms with Gasteiger partial charge in [0.2, 0.25) is 0 Å². The van der Waals surface area contributed by atoms with E-state index in [1.165, 1.54) is 12.2 Å². The molecule has 1 aliphatic carbocycles. The highest BCUT2D eigenvalue weighted by Gasteiger charge is 2.43. The van der Waals surface area contributed by atoms with Gasteiger partial charge >= 0.3 is 5.97 Å². The van der Waals surface area contributed by atoms with Crippen molar-refractivity contribution in [2.24, 2.45) is 0 Å². The van der Waals surface area contributed by atoms with Gasteiger partial charge in [0, 0.05) is 24.1 Å². The summed E-state index contributed by atoms with van der Waals surface area (Å²) in [5, 5.41) is 10.5. The summed E-state index contributed by atoms with van der Waals surface area (Å²) in [7, 11) is 0. The Bertz CT molecular complexity index is 597. The van der Waals surface area contributed by atoms with E-state index in [1.54, 1.807) is 24.3 Å². The Hall–Kier alpha value is -2.20. The average Bonchev–Trinajstić information content (AvgIpc) is 2.70. The van der Waals surface area contributed by atoms with Crippen LogP contribution in [0.1, 0.15) is 12.0 Å². The first kappa shape index (κ1) is 10.9. The van der Waals surface area contributed by atoms with Gasteiger partial charge in [-0.25, -0.2) is 4.79 Å². The molecule has 1 aromatic carbocycles. The Morgan fingerprint density at radius 1 is 1.11 bits per heavy atom. The van der Waals surface area contributed by atoms with E-state index in [9.17, 15) is 14.7 Å². The van der Waals surface area contributed by atoms with Crippen molar-refractivity contribution in [3.63, 3.8) is 0 Å². The van der Waals surface area contributed by atoms with E-state index in [-0.39, 0.29) is 12.2 Å². The molecule has 0 unspecified atom stereocenters. The van der Waals surface area contributed by atoms with Gasteiger partial charge in [-0.1, -0.05) is 30.3 Å². The maximum Gasteiger partial charge on any atom is 0.336 e. The lowest BCUT2D eigenvalue weighted by Crippen LogP contribution is -2.37. The van der Waals surface area contributed by atoms with Gasteiger partial charge < -0.3 is 9.84 Å². The Kier molecular flexibility index (Phi) is 2.21. The van der Waals surface area contributed by atoms with Gasteiger partial charge in [0.15, 0.2) is 11.4 Å². The van der Waals surface area contributed by atoms with Gasteiger partial charge in [-0.15, -0.1) is 0 Å². The van der Waals surface area contributed by atoms with Crippen molar-refractivity contribution >= 4 is 11.8 Å². The summed E-state index contributed by atoms with van der Waals surface area (Å²) in [6.07, 6.45) is 2.56. The molecule has 1 heterocycles. The second kappa shape index (κ2) is 3.65. The number of esters is 1. The second-order valence-corrected chi connectivity index (χ2v) is 4.37. The molecule has 18 heavy (non-hydrogen) atoms. The maximum atomic E-state index is 12.0. The summed E-state index contributed by atoms with van der Waals surface area (Å²) in [6.45, 7) is 0. The van der Waals surface area contributed by atoms with E-state index in [0.717, 1.165) is 0 Å². The molecule has 3 rings (SSSR count). The lowest BCUT2D eigenvalue weighted by atomic mass is 9.79. The van der Waals surface area contributed by atoms with E-state index in [1.807, 2.05) is 6.07 Å².